The number of nitrogens with zero attached hydrogens (tertiary/aromatic N) is 1. The number of hydrazine groups is 1. The lowest BCUT2D eigenvalue weighted by Crippen LogP contribution is -2.37. The van der Waals surface area contributed by atoms with E-state index in [2.05, 4.69) is 29.0 Å². The molecular weight excluding hydrogens is 264 g/mol. The molecule has 1 aliphatic carbocycles. The van der Waals surface area contributed by atoms with Gasteiger partial charge in [0.05, 0.1) is 5.69 Å². The molecule has 4 N–H and O–H groups in total. The Balaban J connectivity index is 2.23. The lowest BCUT2D eigenvalue weighted by Gasteiger charge is -2.20. The van der Waals surface area contributed by atoms with Crippen molar-refractivity contribution in [3.63, 3.8) is 0 Å². The van der Waals surface area contributed by atoms with Gasteiger partial charge in [-0.1, -0.05) is 13.8 Å². The highest BCUT2D eigenvalue weighted by Gasteiger charge is 2.33. The van der Waals surface area contributed by atoms with Crippen molar-refractivity contribution >= 4 is 15.7 Å². The topological polar surface area (TPSA) is 97.1 Å². The maximum Gasteiger partial charge on any atom is 0.244 e. The minimum absolute atomic E-state index is 0.0224. The molecule has 0 saturated heterocycles. The molecule has 0 radical (unpaired) electrons. The zero-order valence-electron chi connectivity index (χ0n) is 11.1. The summed E-state index contributed by atoms with van der Waals surface area (Å²) in [6.07, 6.45) is 4.71. The third-order valence-corrected chi connectivity index (χ3v) is 5.52. The van der Waals surface area contributed by atoms with E-state index in [4.69, 9.17) is 5.84 Å². The van der Waals surface area contributed by atoms with Crippen molar-refractivity contribution < 1.29 is 8.42 Å². The van der Waals surface area contributed by atoms with Gasteiger partial charge in [0.15, 0.2) is 0 Å². The summed E-state index contributed by atoms with van der Waals surface area (Å²) in [7, 11) is -3.60. The van der Waals surface area contributed by atoms with Crippen LogP contribution in [0.15, 0.2) is 23.4 Å². The maximum atomic E-state index is 12.4. The molecule has 1 heterocycles. The number of hydrogen-bond acceptors (Lipinski definition) is 5. The van der Waals surface area contributed by atoms with Crippen LogP contribution in [-0.2, 0) is 10.0 Å². The first kappa shape index (κ1) is 14.2. The first-order valence-corrected chi connectivity index (χ1v) is 7.87. The molecule has 6 nitrogen and oxygen atoms in total. The predicted molar refractivity (Wildman–Crippen MR) is 73.7 cm³/mol. The molecule has 0 aliphatic heterocycles. The first-order chi connectivity index (χ1) is 8.95. The van der Waals surface area contributed by atoms with E-state index in [0.29, 0.717) is 17.5 Å². The number of nitrogens with one attached hydrogen (secondary N) is 2. The summed E-state index contributed by atoms with van der Waals surface area (Å²) in [6, 6.07) is 1.51. The van der Waals surface area contributed by atoms with Gasteiger partial charge in [0.1, 0.15) is 4.90 Å². The fourth-order valence-electron chi connectivity index (χ4n) is 2.51. The van der Waals surface area contributed by atoms with Crippen LogP contribution in [0, 0.1) is 11.8 Å². The minimum atomic E-state index is -3.60. The number of sulfonamides is 1. The second-order valence-electron chi connectivity index (χ2n) is 5.16. The number of nitrogens with two attached hydrogens (primary N) is 1. The van der Waals surface area contributed by atoms with Gasteiger partial charge in [-0.25, -0.2) is 13.1 Å². The highest BCUT2D eigenvalue weighted by molar-refractivity contribution is 7.89. The normalized spacial score (nSPS) is 27.4. The zero-order chi connectivity index (χ0) is 14.0. The van der Waals surface area contributed by atoms with E-state index in [1.54, 1.807) is 0 Å². The Morgan fingerprint density at radius 3 is 2.68 bits per heavy atom. The molecule has 3 unspecified atom stereocenters. The highest BCUT2D eigenvalue weighted by atomic mass is 32.2. The van der Waals surface area contributed by atoms with Gasteiger partial charge in [0.2, 0.25) is 10.0 Å². The van der Waals surface area contributed by atoms with Crippen LogP contribution in [0.3, 0.4) is 0 Å². The van der Waals surface area contributed by atoms with E-state index in [9.17, 15) is 8.42 Å². The van der Waals surface area contributed by atoms with E-state index < -0.39 is 10.0 Å². The van der Waals surface area contributed by atoms with Gasteiger partial charge in [-0.2, -0.15) is 0 Å². The molecule has 1 aromatic rings. The van der Waals surface area contributed by atoms with Crippen molar-refractivity contribution in [2.45, 2.75) is 37.6 Å². The molecule has 3 atom stereocenters. The van der Waals surface area contributed by atoms with E-state index in [1.807, 2.05) is 0 Å². The molecule has 0 aromatic carbocycles. The van der Waals surface area contributed by atoms with Crippen LogP contribution in [0.5, 0.6) is 0 Å². The van der Waals surface area contributed by atoms with Gasteiger partial charge in [-0.3, -0.25) is 10.8 Å². The fourth-order valence-corrected chi connectivity index (χ4v) is 3.98. The molecule has 19 heavy (non-hydrogen) atoms. The number of aromatic nitrogens is 1. The van der Waals surface area contributed by atoms with Crippen LogP contribution in [0.25, 0.3) is 0 Å². The number of rotatable bonds is 4. The Hall–Kier alpha value is -1.18. The van der Waals surface area contributed by atoms with Gasteiger partial charge in [0.25, 0.3) is 0 Å². The largest absolute Gasteiger partial charge is 0.323 e. The smallest absolute Gasteiger partial charge is 0.244 e. The Kier molecular flexibility index (Phi) is 4.07. The van der Waals surface area contributed by atoms with E-state index in [-0.39, 0.29) is 10.9 Å². The maximum absolute atomic E-state index is 12.4. The van der Waals surface area contributed by atoms with Crippen LogP contribution in [0.4, 0.5) is 5.69 Å². The molecule has 7 heteroatoms. The minimum Gasteiger partial charge on any atom is -0.323 e. The second kappa shape index (κ2) is 5.44. The van der Waals surface area contributed by atoms with Gasteiger partial charge >= 0.3 is 0 Å². The lowest BCUT2D eigenvalue weighted by atomic mass is 9.98. The van der Waals surface area contributed by atoms with Crippen molar-refractivity contribution in [2.24, 2.45) is 17.7 Å². The zero-order valence-corrected chi connectivity index (χ0v) is 11.9. The van der Waals surface area contributed by atoms with E-state index in [1.165, 1.54) is 18.5 Å². The molecular formula is C12H20N4O2S. The van der Waals surface area contributed by atoms with Crippen molar-refractivity contribution in [2.75, 3.05) is 5.43 Å². The molecule has 106 valence electrons. The van der Waals surface area contributed by atoms with Crippen LogP contribution >= 0.6 is 0 Å². The van der Waals surface area contributed by atoms with Crippen molar-refractivity contribution in [1.82, 2.24) is 9.71 Å². The first-order valence-electron chi connectivity index (χ1n) is 6.38. The van der Waals surface area contributed by atoms with E-state index in [0.717, 1.165) is 12.8 Å². The summed E-state index contributed by atoms with van der Waals surface area (Å²) in [4.78, 5) is 3.94. The molecule has 1 fully saturated rings. The Morgan fingerprint density at radius 2 is 2.11 bits per heavy atom. The van der Waals surface area contributed by atoms with E-state index >= 15 is 0 Å². The summed E-state index contributed by atoms with van der Waals surface area (Å²) >= 11 is 0. The molecule has 1 aliphatic rings. The predicted octanol–water partition coefficient (Wildman–Crippen LogP) is 1.08. The third-order valence-electron chi connectivity index (χ3n) is 4.00. The lowest BCUT2D eigenvalue weighted by molar-refractivity contribution is 0.402. The molecule has 2 rings (SSSR count). The SMILES string of the molecule is CC1CCC(NS(=O)(=O)c2cnccc2NN)C1C. The second-order valence-corrected chi connectivity index (χ2v) is 6.84. The Labute approximate surface area is 113 Å². The number of pyridine rings is 1. The number of anilines is 1. The number of hydrogen-bond donors (Lipinski definition) is 3. The monoisotopic (exact) mass is 284 g/mol. The quantitative estimate of drug-likeness (QED) is 0.568. The standard InChI is InChI=1S/C12H20N4O2S/c1-8-3-4-10(9(8)2)16-19(17,18)12-7-14-6-5-11(12)15-13/h5-10,16H,3-4,13H2,1-2H3,(H,14,15). The van der Waals surface area contributed by atoms with Crippen LogP contribution in [-0.4, -0.2) is 19.4 Å². The average Bonchev–Trinajstić information content (AvgIpc) is 2.70. The average molecular weight is 284 g/mol. The van der Waals surface area contributed by atoms with Gasteiger partial charge in [-0.05, 0) is 30.7 Å². The Bertz CT molecular complexity index is 546. The van der Waals surface area contributed by atoms with Crippen molar-refractivity contribution in [3.8, 4) is 0 Å². The van der Waals surface area contributed by atoms with Gasteiger partial charge in [-0.15, -0.1) is 0 Å². The molecule has 0 spiro atoms. The summed E-state index contributed by atoms with van der Waals surface area (Å²) in [5.74, 6) is 6.20. The van der Waals surface area contributed by atoms with Crippen LogP contribution in [0.1, 0.15) is 26.7 Å². The number of nitrogen functional groups attached to an aromatic ring is 1. The summed E-state index contributed by atoms with van der Waals surface area (Å²) in [5, 5.41) is 0. The van der Waals surface area contributed by atoms with Crippen LogP contribution in [0.2, 0.25) is 0 Å². The fraction of sp³-hybridized carbons (Fsp3) is 0.583. The van der Waals surface area contributed by atoms with Crippen molar-refractivity contribution in [3.05, 3.63) is 18.5 Å². The summed E-state index contributed by atoms with van der Waals surface area (Å²) < 4.78 is 27.5. The molecule has 0 amide bonds. The highest BCUT2D eigenvalue weighted by Crippen LogP contribution is 2.32. The molecule has 0 bridgehead atoms. The molecule has 1 saturated carbocycles. The van der Waals surface area contributed by atoms with Crippen LogP contribution < -0.4 is 16.0 Å². The summed E-state index contributed by atoms with van der Waals surface area (Å²) in [6.45, 7) is 4.23. The third kappa shape index (κ3) is 2.88. The van der Waals surface area contributed by atoms with Gasteiger partial charge < -0.3 is 5.43 Å². The Morgan fingerprint density at radius 1 is 1.37 bits per heavy atom. The van der Waals surface area contributed by atoms with Gasteiger partial charge in [0, 0.05) is 18.4 Å². The summed E-state index contributed by atoms with van der Waals surface area (Å²) in [5.41, 5.74) is 2.74. The molecule has 1 aromatic heterocycles. The van der Waals surface area contributed by atoms with Crippen molar-refractivity contribution in [1.29, 1.82) is 0 Å².